The van der Waals surface area contributed by atoms with Crippen LogP contribution in [-0.4, -0.2) is 43.9 Å². The van der Waals surface area contributed by atoms with E-state index in [1.165, 1.54) is 12.1 Å². The Kier molecular flexibility index (Phi) is 6.33. The lowest BCUT2D eigenvalue weighted by atomic mass is 9.85. The summed E-state index contributed by atoms with van der Waals surface area (Å²) >= 11 is 0. The van der Waals surface area contributed by atoms with E-state index >= 15 is 0 Å². The molecule has 2 N–H and O–H groups in total. The molecule has 1 fully saturated rings. The first-order valence-electron chi connectivity index (χ1n) is 9.58. The molecule has 2 aromatic carbocycles. The van der Waals surface area contributed by atoms with Gasteiger partial charge in [-0.3, -0.25) is 4.72 Å². The molecule has 0 spiro atoms. The van der Waals surface area contributed by atoms with Gasteiger partial charge in [-0.2, -0.15) is 0 Å². The summed E-state index contributed by atoms with van der Waals surface area (Å²) in [4.78, 5) is 14.4. The van der Waals surface area contributed by atoms with Crippen LogP contribution < -0.4 is 4.72 Å². The van der Waals surface area contributed by atoms with Crippen molar-refractivity contribution in [3.05, 3.63) is 65.5 Å². The molecule has 0 unspecified atom stereocenters. The zero-order chi connectivity index (χ0) is 21.9. The Morgan fingerprint density at radius 2 is 1.83 bits per heavy atom. The smallest absolute Gasteiger partial charge is 0.411 e. The Balaban J connectivity index is 1.76. The van der Waals surface area contributed by atoms with Gasteiger partial charge < -0.3 is 14.7 Å². The largest absolute Gasteiger partial charge is 0.438 e. The Morgan fingerprint density at radius 1 is 1.20 bits per heavy atom. The maximum Gasteiger partial charge on any atom is 0.411 e. The van der Waals surface area contributed by atoms with E-state index in [0.29, 0.717) is 24.2 Å². The van der Waals surface area contributed by atoms with Gasteiger partial charge in [-0.05, 0) is 42.3 Å². The number of carbonyl (C=O) groups is 1. The van der Waals surface area contributed by atoms with Crippen LogP contribution in [0.5, 0.6) is 0 Å². The number of sulfonamides is 1. The van der Waals surface area contributed by atoms with Gasteiger partial charge in [0.1, 0.15) is 11.4 Å². The second-order valence-electron chi connectivity index (χ2n) is 7.46. The number of nitrogens with one attached hydrogen (secondary N) is 1. The number of anilines is 1. The van der Waals surface area contributed by atoms with E-state index in [4.69, 9.17) is 4.74 Å². The van der Waals surface area contributed by atoms with E-state index in [0.717, 1.165) is 11.8 Å². The molecule has 0 radical (unpaired) electrons. The minimum absolute atomic E-state index is 0.172. The van der Waals surface area contributed by atoms with Crippen molar-refractivity contribution in [3.63, 3.8) is 0 Å². The first-order chi connectivity index (χ1) is 14.1. The first kappa shape index (κ1) is 22.0. The number of amides is 1. The average molecular weight is 437 g/mol. The molecule has 0 aliphatic carbocycles. The third-order valence-electron chi connectivity index (χ3n) is 5.32. The lowest BCUT2D eigenvalue weighted by molar-refractivity contribution is -0.0718. The Morgan fingerprint density at radius 3 is 2.37 bits per heavy atom. The van der Waals surface area contributed by atoms with Crippen LogP contribution in [0, 0.1) is 5.82 Å². The predicted molar refractivity (Wildman–Crippen MR) is 111 cm³/mol. The molecular formula is C21H25FN2O5S. The Hall–Kier alpha value is -2.65. The fourth-order valence-corrected chi connectivity index (χ4v) is 4.27. The van der Waals surface area contributed by atoms with Gasteiger partial charge in [0.15, 0.2) is 0 Å². The number of carbonyl (C=O) groups excluding carboxylic acids is 1. The third-order valence-corrected chi connectivity index (χ3v) is 5.93. The zero-order valence-corrected chi connectivity index (χ0v) is 17.7. The molecule has 9 heteroatoms. The molecule has 0 bridgehead atoms. The van der Waals surface area contributed by atoms with Crippen LogP contribution in [0.1, 0.15) is 36.9 Å². The molecule has 1 aliphatic rings. The maximum absolute atomic E-state index is 13.3. The van der Waals surface area contributed by atoms with Crippen LogP contribution in [0.4, 0.5) is 14.9 Å². The molecule has 1 heterocycles. The van der Waals surface area contributed by atoms with Crippen molar-refractivity contribution in [1.82, 2.24) is 4.90 Å². The van der Waals surface area contributed by atoms with Crippen molar-refractivity contribution in [2.24, 2.45) is 0 Å². The number of benzene rings is 2. The summed E-state index contributed by atoms with van der Waals surface area (Å²) in [5.41, 5.74) is 0.907. The van der Waals surface area contributed by atoms with E-state index in [9.17, 15) is 22.7 Å². The monoisotopic (exact) mass is 436 g/mol. The van der Waals surface area contributed by atoms with Crippen LogP contribution in [0.2, 0.25) is 0 Å². The highest BCUT2D eigenvalue weighted by Crippen LogP contribution is 2.39. The number of hydrogen-bond acceptors (Lipinski definition) is 5. The van der Waals surface area contributed by atoms with E-state index in [-0.39, 0.29) is 24.9 Å². The highest BCUT2D eigenvalue weighted by Gasteiger charge is 2.43. The number of hydrogen-bond donors (Lipinski definition) is 2. The van der Waals surface area contributed by atoms with Crippen LogP contribution in [0.3, 0.4) is 0 Å². The first-order valence-corrected chi connectivity index (χ1v) is 11.5. The van der Waals surface area contributed by atoms with E-state index in [1.807, 2.05) is 6.92 Å². The lowest BCUT2D eigenvalue weighted by Crippen LogP contribution is -2.49. The summed E-state index contributed by atoms with van der Waals surface area (Å²) in [6.45, 7) is 2.08. The molecule has 3 rings (SSSR count). The molecule has 1 saturated heterocycles. The number of aliphatic hydroxyl groups is 1. The van der Waals surface area contributed by atoms with Crippen molar-refractivity contribution in [2.45, 2.75) is 31.4 Å². The van der Waals surface area contributed by atoms with Crippen LogP contribution in [0.15, 0.2) is 48.5 Å². The molecule has 2 aromatic rings. The topological polar surface area (TPSA) is 95.9 Å². The van der Waals surface area contributed by atoms with Gasteiger partial charge in [-0.1, -0.05) is 24.3 Å². The highest BCUT2D eigenvalue weighted by molar-refractivity contribution is 7.92. The molecule has 30 heavy (non-hydrogen) atoms. The molecule has 0 saturated carbocycles. The second kappa shape index (κ2) is 8.61. The van der Waals surface area contributed by atoms with E-state index < -0.39 is 21.7 Å². The van der Waals surface area contributed by atoms with E-state index in [1.54, 1.807) is 41.3 Å². The standard InChI is InChI=1S/C21H25FN2O5S/c1-15(16-3-9-19(10-4-16)23-30(2,27)28)24-13-11-21(12-14-25,29-20(24)26)17-5-7-18(22)8-6-17/h3-10,15,23,25H,11-14H2,1-2H3/t15-,21-/m0/s1. The molecular weight excluding hydrogens is 411 g/mol. The Labute approximate surface area is 175 Å². The van der Waals surface area contributed by atoms with Gasteiger partial charge in [-0.15, -0.1) is 0 Å². The van der Waals surface area contributed by atoms with Gasteiger partial charge in [-0.25, -0.2) is 17.6 Å². The minimum Gasteiger partial charge on any atom is -0.438 e. The summed E-state index contributed by atoms with van der Waals surface area (Å²) in [7, 11) is -3.37. The molecule has 1 aliphatic heterocycles. The molecule has 7 nitrogen and oxygen atoms in total. The summed E-state index contributed by atoms with van der Waals surface area (Å²) in [5.74, 6) is -0.385. The van der Waals surface area contributed by atoms with Crippen molar-refractivity contribution in [1.29, 1.82) is 0 Å². The quantitative estimate of drug-likeness (QED) is 0.694. The Bertz CT molecular complexity index is 995. The average Bonchev–Trinajstić information content (AvgIpc) is 2.68. The van der Waals surface area contributed by atoms with Crippen LogP contribution in [0.25, 0.3) is 0 Å². The molecule has 2 atom stereocenters. The second-order valence-corrected chi connectivity index (χ2v) is 9.21. The van der Waals surface area contributed by atoms with Crippen molar-refractivity contribution < 1.29 is 27.4 Å². The van der Waals surface area contributed by atoms with Crippen LogP contribution in [-0.2, 0) is 20.4 Å². The van der Waals surface area contributed by atoms with Gasteiger partial charge in [0.25, 0.3) is 0 Å². The summed E-state index contributed by atoms with van der Waals surface area (Å²) < 4.78 is 44.2. The predicted octanol–water partition coefficient (Wildman–Crippen LogP) is 3.38. The lowest BCUT2D eigenvalue weighted by Gasteiger charge is -2.43. The van der Waals surface area contributed by atoms with Gasteiger partial charge in [0, 0.05) is 31.7 Å². The van der Waals surface area contributed by atoms with Crippen molar-refractivity contribution >= 4 is 21.8 Å². The van der Waals surface area contributed by atoms with Gasteiger partial charge in [0.2, 0.25) is 10.0 Å². The van der Waals surface area contributed by atoms with Gasteiger partial charge >= 0.3 is 6.09 Å². The third kappa shape index (κ3) is 4.91. The number of halogens is 1. The molecule has 1 amide bonds. The zero-order valence-electron chi connectivity index (χ0n) is 16.8. The van der Waals surface area contributed by atoms with Crippen molar-refractivity contribution in [2.75, 3.05) is 24.1 Å². The fourth-order valence-electron chi connectivity index (χ4n) is 3.70. The molecule has 0 aromatic heterocycles. The van der Waals surface area contributed by atoms with Crippen molar-refractivity contribution in [3.8, 4) is 0 Å². The SMILES string of the molecule is C[C@@H](c1ccc(NS(C)(=O)=O)cc1)N1CC[C@](CCO)(c2ccc(F)cc2)OC1=O. The summed E-state index contributed by atoms with van der Waals surface area (Å²) in [5, 5.41) is 9.52. The molecule has 162 valence electrons. The maximum atomic E-state index is 13.3. The highest BCUT2D eigenvalue weighted by atomic mass is 32.2. The number of cyclic esters (lactones) is 1. The van der Waals surface area contributed by atoms with Gasteiger partial charge in [0.05, 0.1) is 12.3 Å². The number of nitrogens with zero attached hydrogens (tertiary/aromatic N) is 1. The normalized spacial score (nSPS) is 20.5. The summed E-state index contributed by atoms with van der Waals surface area (Å²) in [6, 6.07) is 12.2. The minimum atomic E-state index is -3.37. The summed E-state index contributed by atoms with van der Waals surface area (Å²) in [6.07, 6.45) is 1.22. The van der Waals surface area contributed by atoms with Crippen LogP contribution >= 0.6 is 0 Å². The number of ether oxygens (including phenoxy) is 1. The number of aliphatic hydroxyl groups excluding tert-OH is 1. The fraction of sp³-hybridized carbons (Fsp3) is 0.381. The number of rotatable bonds is 7. The van der Waals surface area contributed by atoms with E-state index in [2.05, 4.69) is 4.72 Å².